The van der Waals surface area contributed by atoms with Crippen LogP contribution in [-0.4, -0.2) is 10.7 Å². The zero-order valence-electron chi connectivity index (χ0n) is 8.76. The third kappa shape index (κ3) is 2.14. The van der Waals surface area contributed by atoms with Crippen LogP contribution in [0.2, 0.25) is 0 Å². The first-order valence-corrected chi connectivity index (χ1v) is 4.76. The quantitative estimate of drug-likeness (QED) is 0.596. The van der Waals surface area contributed by atoms with Crippen molar-refractivity contribution in [1.29, 1.82) is 0 Å². The van der Waals surface area contributed by atoms with Gasteiger partial charge in [0.1, 0.15) is 0 Å². The summed E-state index contributed by atoms with van der Waals surface area (Å²) in [4.78, 5) is 8.74. The van der Waals surface area contributed by atoms with Crippen molar-refractivity contribution in [3.63, 3.8) is 0 Å². The number of hydrogen-bond acceptors (Lipinski definition) is 2. The molecule has 1 aliphatic heterocycles. The van der Waals surface area contributed by atoms with Gasteiger partial charge in [0.25, 0.3) is 0 Å². The van der Waals surface area contributed by atoms with Crippen LogP contribution in [0.3, 0.4) is 0 Å². The molecule has 2 nitrogen and oxygen atoms in total. The first-order chi connectivity index (χ1) is 6.25. The van der Waals surface area contributed by atoms with Crippen molar-refractivity contribution in [3.8, 4) is 0 Å². The normalized spacial score (nSPS) is 12.8. The van der Waals surface area contributed by atoms with Gasteiger partial charge in [-0.25, -0.2) is 0 Å². The monoisotopic (exact) mass is 176 g/mol. The summed E-state index contributed by atoms with van der Waals surface area (Å²) in [5.41, 5.74) is 4.42. The summed E-state index contributed by atoms with van der Waals surface area (Å²) < 4.78 is 0. The molecule has 1 aromatic heterocycles. The van der Waals surface area contributed by atoms with Crippen LogP contribution in [0.25, 0.3) is 0 Å². The number of rotatable bonds is 0. The fourth-order valence-electron chi connectivity index (χ4n) is 1.32. The highest BCUT2D eigenvalue weighted by atomic mass is 14.9. The van der Waals surface area contributed by atoms with Gasteiger partial charge >= 0.3 is 0 Å². The predicted octanol–water partition coefficient (Wildman–Crippen LogP) is 3.06. The minimum atomic E-state index is 0.928. The molecule has 0 saturated heterocycles. The zero-order valence-corrected chi connectivity index (χ0v) is 8.76. The molecule has 0 spiro atoms. The van der Waals surface area contributed by atoms with Crippen LogP contribution in [0, 0.1) is 6.92 Å². The van der Waals surface area contributed by atoms with E-state index in [4.69, 9.17) is 0 Å². The number of nitrogens with zero attached hydrogens (tertiary/aromatic N) is 2. The van der Waals surface area contributed by atoms with Gasteiger partial charge in [0.15, 0.2) is 0 Å². The predicted molar refractivity (Wildman–Crippen MR) is 56.8 cm³/mol. The summed E-state index contributed by atoms with van der Waals surface area (Å²) in [7, 11) is 0. The van der Waals surface area contributed by atoms with Gasteiger partial charge in [0.2, 0.25) is 0 Å². The SMILES string of the molecule is CC.CC1=Nc2ccc(C)nc2C1. The highest BCUT2D eigenvalue weighted by Gasteiger charge is 2.11. The van der Waals surface area contributed by atoms with E-state index in [1.807, 2.05) is 39.8 Å². The Morgan fingerprint density at radius 1 is 1.15 bits per heavy atom. The zero-order chi connectivity index (χ0) is 9.84. The maximum atomic E-state index is 4.39. The Balaban J connectivity index is 0.000000396. The molecular weight excluding hydrogens is 160 g/mol. The molecule has 0 fully saturated rings. The van der Waals surface area contributed by atoms with Crippen LogP contribution in [0.1, 0.15) is 32.2 Å². The molecule has 13 heavy (non-hydrogen) atoms. The second kappa shape index (κ2) is 4.17. The Morgan fingerprint density at radius 2 is 1.85 bits per heavy atom. The first-order valence-electron chi connectivity index (χ1n) is 4.76. The Bertz CT molecular complexity index is 327. The van der Waals surface area contributed by atoms with E-state index in [0.29, 0.717) is 0 Å². The third-order valence-corrected chi connectivity index (χ3v) is 1.82. The highest BCUT2D eigenvalue weighted by molar-refractivity contribution is 5.91. The molecule has 0 atom stereocenters. The molecule has 0 radical (unpaired) electrons. The molecule has 0 saturated carbocycles. The molecule has 0 unspecified atom stereocenters. The van der Waals surface area contributed by atoms with E-state index in [-0.39, 0.29) is 0 Å². The van der Waals surface area contributed by atoms with E-state index in [1.165, 1.54) is 0 Å². The summed E-state index contributed by atoms with van der Waals surface area (Å²) >= 11 is 0. The van der Waals surface area contributed by atoms with Crippen LogP contribution in [0.4, 0.5) is 5.69 Å². The van der Waals surface area contributed by atoms with Crippen LogP contribution in [0.15, 0.2) is 17.1 Å². The average molecular weight is 176 g/mol. The van der Waals surface area contributed by atoms with Crippen molar-refractivity contribution in [2.24, 2.45) is 4.99 Å². The Hall–Kier alpha value is -1.18. The van der Waals surface area contributed by atoms with Crippen molar-refractivity contribution >= 4 is 11.4 Å². The molecule has 1 aliphatic rings. The Morgan fingerprint density at radius 3 is 2.54 bits per heavy atom. The summed E-state index contributed by atoms with van der Waals surface area (Å²) in [5.74, 6) is 0. The van der Waals surface area contributed by atoms with Gasteiger partial charge in [0.05, 0.1) is 11.4 Å². The molecule has 2 heterocycles. The highest BCUT2D eigenvalue weighted by Crippen LogP contribution is 2.24. The lowest BCUT2D eigenvalue weighted by atomic mass is 10.2. The number of fused-ring (bicyclic) bond motifs is 1. The first kappa shape index (κ1) is 9.90. The molecule has 70 valence electrons. The standard InChI is InChI=1S/C9H10N2.C2H6/c1-6-3-4-8-9(10-6)5-7(2)11-8;1-2/h3-4H,5H2,1-2H3;1-2H3. The minimum Gasteiger partial charge on any atom is -0.256 e. The van der Waals surface area contributed by atoms with Crippen molar-refractivity contribution in [2.75, 3.05) is 0 Å². The van der Waals surface area contributed by atoms with Gasteiger partial charge in [-0.2, -0.15) is 0 Å². The van der Waals surface area contributed by atoms with E-state index in [9.17, 15) is 0 Å². The van der Waals surface area contributed by atoms with E-state index >= 15 is 0 Å². The van der Waals surface area contributed by atoms with Gasteiger partial charge in [-0.3, -0.25) is 9.98 Å². The number of aliphatic imine (C=N–C) groups is 1. The second-order valence-electron chi connectivity index (χ2n) is 2.94. The van der Waals surface area contributed by atoms with E-state index in [0.717, 1.165) is 29.2 Å². The maximum absolute atomic E-state index is 4.39. The summed E-state index contributed by atoms with van der Waals surface area (Å²) in [6, 6.07) is 4.04. The summed E-state index contributed by atoms with van der Waals surface area (Å²) in [6.45, 7) is 8.05. The van der Waals surface area contributed by atoms with Crippen LogP contribution in [-0.2, 0) is 6.42 Å². The van der Waals surface area contributed by atoms with Gasteiger partial charge < -0.3 is 0 Å². The number of pyridine rings is 1. The molecule has 1 aromatic rings. The van der Waals surface area contributed by atoms with Gasteiger partial charge in [0, 0.05) is 17.8 Å². The molecular formula is C11H16N2. The third-order valence-electron chi connectivity index (χ3n) is 1.82. The van der Waals surface area contributed by atoms with Gasteiger partial charge in [-0.1, -0.05) is 13.8 Å². The van der Waals surface area contributed by atoms with Crippen LogP contribution >= 0.6 is 0 Å². The average Bonchev–Trinajstić information content (AvgIpc) is 2.48. The number of aryl methyl sites for hydroxylation is 1. The van der Waals surface area contributed by atoms with Crippen molar-refractivity contribution in [3.05, 3.63) is 23.5 Å². The summed E-state index contributed by atoms with van der Waals surface area (Å²) in [6.07, 6.45) is 0.928. The van der Waals surface area contributed by atoms with Crippen LogP contribution in [0.5, 0.6) is 0 Å². The number of hydrogen-bond donors (Lipinski definition) is 0. The fourth-order valence-corrected chi connectivity index (χ4v) is 1.32. The topological polar surface area (TPSA) is 25.2 Å². The van der Waals surface area contributed by atoms with E-state index in [1.54, 1.807) is 0 Å². The second-order valence-corrected chi connectivity index (χ2v) is 2.94. The lowest BCUT2D eigenvalue weighted by molar-refractivity contribution is 1.10. The maximum Gasteiger partial charge on any atom is 0.0848 e. The van der Waals surface area contributed by atoms with Crippen molar-refractivity contribution in [1.82, 2.24) is 4.98 Å². The molecule has 0 amide bonds. The molecule has 0 aliphatic carbocycles. The van der Waals surface area contributed by atoms with Gasteiger partial charge in [-0.15, -0.1) is 0 Å². The lowest BCUT2D eigenvalue weighted by Crippen LogP contribution is -1.92. The minimum absolute atomic E-state index is 0.928. The van der Waals surface area contributed by atoms with E-state index in [2.05, 4.69) is 9.98 Å². The fraction of sp³-hybridized carbons (Fsp3) is 0.455. The molecule has 2 rings (SSSR count). The van der Waals surface area contributed by atoms with E-state index < -0.39 is 0 Å². The molecule has 0 aromatic carbocycles. The molecule has 2 heteroatoms. The van der Waals surface area contributed by atoms with Crippen molar-refractivity contribution in [2.45, 2.75) is 34.1 Å². The van der Waals surface area contributed by atoms with Crippen molar-refractivity contribution < 1.29 is 0 Å². The van der Waals surface area contributed by atoms with Crippen LogP contribution < -0.4 is 0 Å². The molecule has 0 bridgehead atoms. The Labute approximate surface area is 79.7 Å². The Kier molecular flexibility index (Phi) is 3.18. The lowest BCUT2D eigenvalue weighted by Gasteiger charge is -1.95. The molecule has 0 N–H and O–H groups in total. The largest absolute Gasteiger partial charge is 0.256 e. The number of aromatic nitrogens is 1. The smallest absolute Gasteiger partial charge is 0.0848 e. The summed E-state index contributed by atoms with van der Waals surface area (Å²) in [5, 5.41) is 0. The van der Waals surface area contributed by atoms with Gasteiger partial charge in [-0.05, 0) is 26.0 Å².